The normalized spacial score (nSPS) is 15.6. The average molecular weight is 511 g/mol. The number of hydrogen-bond acceptors (Lipinski definition) is 7. The van der Waals surface area contributed by atoms with Gasteiger partial charge in [-0.25, -0.2) is 0 Å². The lowest BCUT2D eigenvalue weighted by Crippen LogP contribution is -2.35. The molecule has 0 bridgehead atoms. The van der Waals surface area contributed by atoms with Gasteiger partial charge in [0, 0.05) is 43.0 Å². The van der Waals surface area contributed by atoms with Gasteiger partial charge >= 0.3 is 0 Å². The number of benzene rings is 1. The number of halogens is 2. The topological polar surface area (TPSA) is 89.0 Å². The smallest absolute Gasteiger partial charge is 0.124 e. The SMILES string of the molecule is CC(Oc1ccc2[nH]nc(/C=C/c3cnc(CN4CCOCC4)cn3)c2c1)c1c(Cl)cncc1Cl. The molecule has 3 aromatic heterocycles. The molecule has 0 amide bonds. The largest absolute Gasteiger partial charge is 0.486 e. The van der Waals surface area contributed by atoms with Gasteiger partial charge in [-0.1, -0.05) is 23.2 Å². The molecule has 4 heterocycles. The van der Waals surface area contributed by atoms with E-state index in [2.05, 4.69) is 30.0 Å². The van der Waals surface area contributed by atoms with E-state index in [4.69, 9.17) is 32.7 Å². The van der Waals surface area contributed by atoms with Crippen molar-refractivity contribution >= 4 is 46.3 Å². The molecule has 10 heteroatoms. The van der Waals surface area contributed by atoms with E-state index < -0.39 is 0 Å². The lowest BCUT2D eigenvalue weighted by atomic mass is 10.1. The first-order chi connectivity index (χ1) is 17.1. The lowest BCUT2D eigenvalue weighted by molar-refractivity contribution is 0.0336. The van der Waals surface area contributed by atoms with Crippen molar-refractivity contribution in [3.05, 3.63) is 75.7 Å². The molecule has 35 heavy (non-hydrogen) atoms. The maximum absolute atomic E-state index is 6.28. The van der Waals surface area contributed by atoms with Crippen molar-refractivity contribution < 1.29 is 9.47 Å². The molecule has 4 aromatic rings. The van der Waals surface area contributed by atoms with Gasteiger partial charge in [0.25, 0.3) is 0 Å². The summed E-state index contributed by atoms with van der Waals surface area (Å²) in [4.78, 5) is 15.4. The molecule has 1 saturated heterocycles. The monoisotopic (exact) mass is 510 g/mol. The number of pyridine rings is 1. The Morgan fingerprint density at radius 3 is 2.63 bits per heavy atom. The van der Waals surface area contributed by atoms with Crippen molar-refractivity contribution in [2.24, 2.45) is 0 Å². The third kappa shape index (κ3) is 5.62. The summed E-state index contributed by atoms with van der Waals surface area (Å²) >= 11 is 12.6. The van der Waals surface area contributed by atoms with Crippen LogP contribution in [0.1, 0.15) is 35.7 Å². The van der Waals surface area contributed by atoms with Crippen LogP contribution in [0.5, 0.6) is 5.75 Å². The van der Waals surface area contributed by atoms with Crippen LogP contribution in [0.4, 0.5) is 0 Å². The standard InChI is InChI=1S/C25H24Cl2N6O2/c1-16(25-21(26)13-28-14-22(25)27)35-19-3-5-24-20(10-19)23(31-32-24)4-2-17-11-30-18(12-29-17)15-33-6-8-34-9-7-33/h2-5,10-14,16H,6-9,15H2,1H3,(H,31,32)/b4-2+. The number of rotatable bonds is 7. The summed E-state index contributed by atoms with van der Waals surface area (Å²) in [5.41, 5.74) is 4.08. The number of fused-ring (bicyclic) bond motifs is 1. The minimum atomic E-state index is -0.354. The lowest BCUT2D eigenvalue weighted by Gasteiger charge is -2.25. The maximum Gasteiger partial charge on any atom is 0.124 e. The maximum atomic E-state index is 6.28. The van der Waals surface area contributed by atoms with Gasteiger partial charge in [0.1, 0.15) is 11.9 Å². The van der Waals surface area contributed by atoms with Gasteiger partial charge in [-0.15, -0.1) is 0 Å². The van der Waals surface area contributed by atoms with E-state index in [0.717, 1.165) is 60.8 Å². The van der Waals surface area contributed by atoms with E-state index in [9.17, 15) is 0 Å². The van der Waals surface area contributed by atoms with E-state index in [-0.39, 0.29) is 6.10 Å². The summed E-state index contributed by atoms with van der Waals surface area (Å²) < 4.78 is 11.5. The van der Waals surface area contributed by atoms with Gasteiger partial charge in [0.15, 0.2) is 0 Å². The minimum Gasteiger partial charge on any atom is -0.486 e. The second-order valence-electron chi connectivity index (χ2n) is 8.25. The van der Waals surface area contributed by atoms with Gasteiger partial charge in [0.05, 0.1) is 58.3 Å². The third-order valence-corrected chi connectivity index (χ3v) is 6.40. The van der Waals surface area contributed by atoms with Crippen molar-refractivity contribution in [3.8, 4) is 5.75 Å². The van der Waals surface area contributed by atoms with E-state index in [0.29, 0.717) is 21.4 Å². The molecule has 0 saturated carbocycles. The molecule has 1 aliphatic rings. The molecule has 1 unspecified atom stereocenters. The van der Waals surface area contributed by atoms with Crippen LogP contribution in [-0.2, 0) is 11.3 Å². The third-order valence-electron chi connectivity index (χ3n) is 5.80. The van der Waals surface area contributed by atoms with Gasteiger partial charge in [-0.05, 0) is 37.3 Å². The van der Waals surface area contributed by atoms with Crippen LogP contribution in [0, 0.1) is 0 Å². The van der Waals surface area contributed by atoms with Crippen LogP contribution in [0.25, 0.3) is 23.1 Å². The summed E-state index contributed by atoms with van der Waals surface area (Å²) in [6.07, 6.45) is 10.2. The fourth-order valence-electron chi connectivity index (χ4n) is 3.97. The highest BCUT2D eigenvalue weighted by atomic mass is 35.5. The number of H-pyrrole nitrogens is 1. The molecule has 1 aromatic carbocycles. The second-order valence-corrected chi connectivity index (χ2v) is 9.06. The number of aromatic amines is 1. The van der Waals surface area contributed by atoms with Crippen molar-refractivity contribution in [2.75, 3.05) is 26.3 Å². The Balaban J connectivity index is 1.29. The minimum absolute atomic E-state index is 0.354. The predicted molar refractivity (Wildman–Crippen MR) is 136 cm³/mol. The van der Waals surface area contributed by atoms with Crippen molar-refractivity contribution in [1.82, 2.24) is 30.0 Å². The van der Waals surface area contributed by atoms with Gasteiger partial charge < -0.3 is 9.47 Å². The molecule has 1 aliphatic heterocycles. The summed E-state index contributed by atoms with van der Waals surface area (Å²) in [5, 5.41) is 9.34. The first-order valence-electron chi connectivity index (χ1n) is 11.3. The predicted octanol–water partition coefficient (Wildman–Crippen LogP) is 5.20. The van der Waals surface area contributed by atoms with Crippen LogP contribution in [-0.4, -0.2) is 56.4 Å². The fraction of sp³-hybridized carbons (Fsp3) is 0.280. The summed E-state index contributed by atoms with van der Waals surface area (Å²) in [6.45, 7) is 6.05. The molecule has 1 N–H and O–H groups in total. The van der Waals surface area contributed by atoms with E-state index in [1.807, 2.05) is 43.5 Å². The van der Waals surface area contributed by atoms with Gasteiger partial charge in [-0.2, -0.15) is 5.10 Å². The number of ether oxygens (including phenoxy) is 2. The molecular weight excluding hydrogens is 487 g/mol. The van der Waals surface area contributed by atoms with Crippen molar-refractivity contribution in [1.29, 1.82) is 0 Å². The highest BCUT2D eigenvalue weighted by Crippen LogP contribution is 2.33. The average Bonchev–Trinajstić information content (AvgIpc) is 3.26. The molecule has 5 rings (SSSR count). The highest BCUT2D eigenvalue weighted by molar-refractivity contribution is 6.35. The van der Waals surface area contributed by atoms with Crippen molar-refractivity contribution in [2.45, 2.75) is 19.6 Å². The Morgan fingerprint density at radius 1 is 1.09 bits per heavy atom. The summed E-state index contributed by atoms with van der Waals surface area (Å²) in [6, 6.07) is 5.75. The highest BCUT2D eigenvalue weighted by Gasteiger charge is 2.17. The number of hydrogen-bond donors (Lipinski definition) is 1. The molecule has 1 fully saturated rings. The van der Waals surface area contributed by atoms with Gasteiger partial charge in [-0.3, -0.25) is 25.0 Å². The summed E-state index contributed by atoms with van der Waals surface area (Å²) in [7, 11) is 0. The number of nitrogens with one attached hydrogen (secondary N) is 1. The van der Waals surface area contributed by atoms with E-state index in [1.165, 1.54) is 0 Å². The molecule has 1 atom stereocenters. The molecule has 0 spiro atoms. The quantitative estimate of drug-likeness (QED) is 0.365. The molecular formula is C25H24Cl2N6O2. The molecule has 180 valence electrons. The van der Waals surface area contributed by atoms with Crippen LogP contribution in [0.2, 0.25) is 10.0 Å². The molecule has 0 radical (unpaired) electrons. The zero-order valence-corrected chi connectivity index (χ0v) is 20.6. The number of nitrogens with zero attached hydrogens (tertiary/aromatic N) is 5. The zero-order chi connectivity index (χ0) is 24.2. The number of morpholine rings is 1. The van der Waals surface area contributed by atoms with Crippen molar-refractivity contribution in [3.63, 3.8) is 0 Å². The van der Waals surface area contributed by atoms with Crippen LogP contribution >= 0.6 is 23.2 Å². The Bertz CT molecular complexity index is 1320. The Morgan fingerprint density at radius 2 is 1.89 bits per heavy atom. The second kappa shape index (κ2) is 10.7. The Kier molecular flexibility index (Phi) is 7.24. The van der Waals surface area contributed by atoms with E-state index in [1.54, 1.807) is 18.6 Å². The fourth-order valence-corrected chi connectivity index (χ4v) is 4.64. The van der Waals surface area contributed by atoms with Crippen LogP contribution in [0.15, 0.2) is 43.0 Å². The number of aromatic nitrogens is 5. The molecule has 8 nitrogen and oxygen atoms in total. The first-order valence-corrected chi connectivity index (χ1v) is 12.0. The van der Waals surface area contributed by atoms with Crippen LogP contribution in [0.3, 0.4) is 0 Å². The van der Waals surface area contributed by atoms with E-state index >= 15 is 0 Å². The zero-order valence-electron chi connectivity index (χ0n) is 19.1. The summed E-state index contributed by atoms with van der Waals surface area (Å²) in [5.74, 6) is 0.678. The van der Waals surface area contributed by atoms with Crippen LogP contribution < -0.4 is 4.74 Å². The van der Waals surface area contributed by atoms with Gasteiger partial charge in [0.2, 0.25) is 0 Å². The first kappa shape index (κ1) is 23.7. The Hall–Kier alpha value is -3.04. The Labute approximate surface area is 212 Å². The molecule has 0 aliphatic carbocycles.